The zero-order valence-electron chi connectivity index (χ0n) is 17.7. The molecule has 5 rings (SSSR count). The highest BCUT2D eigenvalue weighted by Crippen LogP contribution is 2.24. The maximum Gasteiger partial charge on any atom is 0.244 e. The topological polar surface area (TPSA) is 67.6 Å². The molecule has 1 atom stereocenters. The highest BCUT2D eigenvalue weighted by Gasteiger charge is 2.26. The third-order valence-electron chi connectivity index (χ3n) is 5.89. The van der Waals surface area contributed by atoms with Crippen LogP contribution in [0.1, 0.15) is 24.4 Å². The SMILES string of the molecule is Cc1ccc(-c2noc([C@@H](C)N3CCN(Cn4nc5ccccn5c4=S)CC3)n2)cc1. The number of hydrogen-bond donors (Lipinski definition) is 0. The Balaban J connectivity index is 1.21. The second-order valence-corrected chi connectivity index (χ2v) is 8.37. The maximum atomic E-state index is 5.59. The van der Waals surface area contributed by atoms with Gasteiger partial charge in [0.05, 0.1) is 12.7 Å². The van der Waals surface area contributed by atoms with Gasteiger partial charge in [0.1, 0.15) is 0 Å². The first-order valence-electron chi connectivity index (χ1n) is 10.5. The van der Waals surface area contributed by atoms with Crippen LogP contribution in [0.3, 0.4) is 0 Å². The molecule has 9 heteroatoms. The van der Waals surface area contributed by atoms with Gasteiger partial charge in [-0.15, -0.1) is 0 Å². The number of fused-ring (bicyclic) bond motifs is 1. The van der Waals surface area contributed by atoms with Crippen LogP contribution >= 0.6 is 12.2 Å². The lowest BCUT2D eigenvalue weighted by Crippen LogP contribution is -2.47. The standard InChI is InChI=1S/C22H25N7OS/c1-16-6-8-18(9-7-16)20-23-21(30-25-20)17(2)27-13-11-26(12-14-27)15-29-22(31)28-10-4-3-5-19(28)24-29/h3-10,17H,11-15H2,1-2H3/t17-/m1/s1. The van der Waals surface area contributed by atoms with Crippen LogP contribution in [0, 0.1) is 11.7 Å². The van der Waals surface area contributed by atoms with E-state index in [1.165, 1.54) is 5.56 Å². The summed E-state index contributed by atoms with van der Waals surface area (Å²) in [6, 6.07) is 14.2. The van der Waals surface area contributed by atoms with Gasteiger partial charge in [-0.2, -0.15) is 10.1 Å². The van der Waals surface area contributed by atoms with E-state index in [0.29, 0.717) is 18.4 Å². The van der Waals surface area contributed by atoms with Gasteiger partial charge in [-0.3, -0.25) is 14.2 Å². The number of hydrogen-bond acceptors (Lipinski definition) is 7. The summed E-state index contributed by atoms with van der Waals surface area (Å²) in [6.45, 7) is 8.59. The van der Waals surface area contributed by atoms with E-state index in [4.69, 9.17) is 16.7 Å². The lowest BCUT2D eigenvalue weighted by atomic mass is 10.1. The number of rotatable bonds is 5. The fourth-order valence-corrected chi connectivity index (χ4v) is 4.18. The number of aryl methyl sites for hydroxylation is 1. The van der Waals surface area contributed by atoms with Crippen LogP contribution in [0.15, 0.2) is 53.2 Å². The molecule has 0 aliphatic carbocycles. The van der Waals surface area contributed by atoms with Crippen molar-refractivity contribution in [1.29, 1.82) is 0 Å². The Bertz CT molecular complexity index is 1230. The lowest BCUT2D eigenvalue weighted by Gasteiger charge is -2.36. The molecule has 0 radical (unpaired) electrons. The predicted molar refractivity (Wildman–Crippen MR) is 120 cm³/mol. The molecule has 1 aliphatic rings. The smallest absolute Gasteiger partial charge is 0.244 e. The molecule has 4 heterocycles. The molecule has 4 aromatic rings. The van der Waals surface area contributed by atoms with E-state index in [1.54, 1.807) is 0 Å². The molecule has 1 aliphatic heterocycles. The highest BCUT2D eigenvalue weighted by atomic mass is 32.1. The molecule has 1 aromatic carbocycles. The average Bonchev–Trinajstić information content (AvgIpc) is 3.40. The Morgan fingerprint density at radius 3 is 2.58 bits per heavy atom. The average molecular weight is 436 g/mol. The summed E-state index contributed by atoms with van der Waals surface area (Å²) in [6.07, 6.45) is 1.95. The minimum Gasteiger partial charge on any atom is -0.337 e. The summed E-state index contributed by atoms with van der Waals surface area (Å²) < 4.78 is 10.2. The summed E-state index contributed by atoms with van der Waals surface area (Å²) in [5.74, 6) is 1.30. The van der Waals surface area contributed by atoms with E-state index >= 15 is 0 Å². The van der Waals surface area contributed by atoms with E-state index < -0.39 is 0 Å². The van der Waals surface area contributed by atoms with Crippen LogP contribution in [-0.2, 0) is 6.67 Å². The Morgan fingerprint density at radius 2 is 1.84 bits per heavy atom. The van der Waals surface area contributed by atoms with Crippen molar-refractivity contribution in [1.82, 2.24) is 34.1 Å². The van der Waals surface area contributed by atoms with Crippen molar-refractivity contribution in [3.05, 3.63) is 64.9 Å². The van der Waals surface area contributed by atoms with Crippen LogP contribution in [0.2, 0.25) is 0 Å². The molecule has 160 valence electrons. The summed E-state index contributed by atoms with van der Waals surface area (Å²) in [5, 5.41) is 8.82. The van der Waals surface area contributed by atoms with E-state index in [-0.39, 0.29) is 6.04 Å². The van der Waals surface area contributed by atoms with Crippen LogP contribution in [-0.4, -0.2) is 60.3 Å². The predicted octanol–water partition coefficient (Wildman–Crippen LogP) is 3.56. The number of pyridine rings is 1. The van der Waals surface area contributed by atoms with Crippen molar-refractivity contribution in [3.63, 3.8) is 0 Å². The first kappa shape index (κ1) is 20.0. The van der Waals surface area contributed by atoms with Crippen molar-refractivity contribution in [2.24, 2.45) is 0 Å². The van der Waals surface area contributed by atoms with Crippen molar-refractivity contribution < 1.29 is 4.52 Å². The van der Waals surface area contributed by atoms with E-state index in [9.17, 15) is 0 Å². The molecule has 3 aromatic heterocycles. The summed E-state index contributed by atoms with van der Waals surface area (Å²) in [7, 11) is 0. The Morgan fingerprint density at radius 1 is 1.06 bits per heavy atom. The van der Waals surface area contributed by atoms with Crippen molar-refractivity contribution in [2.45, 2.75) is 26.6 Å². The molecular weight excluding hydrogens is 410 g/mol. The van der Waals surface area contributed by atoms with Gasteiger partial charge in [-0.25, -0.2) is 4.68 Å². The second kappa shape index (κ2) is 8.33. The summed E-state index contributed by atoms with van der Waals surface area (Å²) in [5.41, 5.74) is 3.06. The van der Waals surface area contributed by atoms with Crippen LogP contribution in [0.4, 0.5) is 0 Å². The van der Waals surface area contributed by atoms with Gasteiger partial charge in [-0.05, 0) is 38.2 Å². The lowest BCUT2D eigenvalue weighted by molar-refractivity contribution is 0.0685. The molecule has 0 N–H and O–H groups in total. The molecule has 0 spiro atoms. The molecule has 0 unspecified atom stereocenters. The quantitative estimate of drug-likeness (QED) is 0.444. The summed E-state index contributed by atoms with van der Waals surface area (Å²) in [4.78, 5) is 9.40. The molecule has 0 bridgehead atoms. The molecule has 0 amide bonds. The third kappa shape index (κ3) is 4.04. The molecule has 1 fully saturated rings. The normalized spacial score (nSPS) is 16.7. The largest absolute Gasteiger partial charge is 0.337 e. The molecule has 8 nitrogen and oxygen atoms in total. The van der Waals surface area contributed by atoms with E-state index in [0.717, 1.165) is 42.2 Å². The first-order chi connectivity index (χ1) is 15.1. The van der Waals surface area contributed by atoms with Crippen molar-refractivity contribution >= 4 is 17.9 Å². The van der Waals surface area contributed by atoms with Gasteiger partial charge in [0.15, 0.2) is 5.65 Å². The van der Waals surface area contributed by atoms with Gasteiger partial charge in [0, 0.05) is 37.9 Å². The van der Waals surface area contributed by atoms with Crippen molar-refractivity contribution in [3.8, 4) is 11.4 Å². The summed E-state index contributed by atoms with van der Waals surface area (Å²) >= 11 is 5.57. The minimum atomic E-state index is 0.0752. The Kier molecular flexibility index (Phi) is 5.39. The van der Waals surface area contributed by atoms with Crippen molar-refractivity contribution in [2.75, 3.05) is 26.2 Å². The van der Waals surface area contributed by atoms with Crippen LogP contribution < -0.4 is 0 Å². The fourth-order valence-electron chi connectivity index (χ4n) is 3.92. The Hall–Kier alpha value is -2.88. The third-order valence-corrected chi connectivity index (χ3v) is 6.29. The zero-order chi connectivity index (χ0) is 21.4. The van der Waals surface area contributed by atoms with Gasteiger partial charge in [0.2, 0.25) is 16.5 Å². The molecule has 1 saturated heterocycles. The zero-order valence-corrected chi connectivity index (χ0v) is 18.5. The number of aromatic nitrogens is 5. The van der Waals surface area contributed by atoms with Gasteiger partial charge < -0.3 is 4.52 Å². The van der Waals surface area contributed by atoms with Gasteiger partial charge in [0.25, 0.3) is 0 Å². The second-order valence-electron chi connectivity index (χ2n) is 8.00. The van der Waals surface area contributed by atoms with E-state index in [1.807, 2.05) is 45.6 Å². The monoisotopic (exact) mass is 435 g/mol. The van der Waals surface area contributed by atoms with Crippen LogP contribution in [0.5, 0.6) is 0 Å². The van der Waals surface area contributed by atoms with Gasteiger partial charge >= 0.3 is 0 Å². The number of nitrogens with zero attached hydrogens (tertiary/aromatic N) is 7. The number of benzene rings is 1. The van der Waals surface area contributed by atoms with Crippen LogP contribution in [0.25, 0.3) is 17.0 Å². The molecular formula is C22H25N7OS. The first-order valence-corrected chi connectivity index (χ1v) is 10.9. The maximum absolute atomic E-state index is 5.59. The Labute approximate surface area is 185 Å². The van der Waals surface area contributed by atoms with Gasteiger partial charge in [-0.1, -0.05) is 41.1 Å². The molecule has 31 heavy (non-hydrogen) atoms. The van der Waals surface area contributed by atoms with E-state index in [2.05, 4.69) is 51.0 Å². The number of piperazine rings is 1. The minimum absolute atomic E-state index is 0.0752. The fraction of sp³-hybridized carbons (Fsp3) is 0.364. The highest BCUT2D eigenvalue weighted by molar-refractivity contribution is 7.71. The molecule has 0 saturated carbocycles.